The van der Waals surface area contributed by atoms with Crippen molar-refractivity contribution in [3.63, 3.8) is 0 Å². The van der Waals surface area contributed by atoms with Crippen LogP contribution < -0.4 is 5.32 Å². The average Bonchev–Trinajstić information content (AvgIpc) is 2.36. The van der Waals surface area contributed by atoms with Crippen LogP contribution in [0.1, 0.15) is 18.3 Å². The van der Waals surface area contributed by atoms with Gasteiger partial charge in [0.25, 0.3) is 0 Å². The molecule has 18 heavy (non-hydrogen) atoms. The Balaban J connectivity index is 2.48. The van der Waals surface area contributed by atoms with E-state index in [2.05, 4.69) is 36.2 Å². The number of nitrogens with one attached hydrogen (secondary N) is 1. The van der Waals surface area contributed by atoms with E-state index in [1.54, 1.807) is 6.20 Å². The Labute approximate surface area is 115 Å². The highest BCUT2D eigenvalue weighted by Crippen LogP contribution is 2.26. The molecular formula is C13H15BrN4. The summed E-state index contributed by atoms with van der Waals surface area (Å²) in [5, 5.41) is 3.22. The number of pyridine rings is 1. The smallest absolute Gasteiger partial charge is 0.163 e. The Bertz CT molecular complexity index is 552. The van der Waals surface area contributed by atoms with E-state index in [0.29, 0.717) is 5.82 Å². The summed E-state index contributed by atoms with van der Waals surface area (Å²) in [7, 11) is 0. The molecule has 0 radical (unpaired) electrons. The van der Waals surface area contributed by atoms with Crippen molar-refractivity contribution >= 4 is 21.7 Å². The lowest BCUT2D eigenvalue weighted by atomic mass is 10.2. The predicted molar refractivity (Wildman–Crippen MR) is 76.6 cm³/mol. The van der Waals surface area contributed by atoms with Gasteiger partial charge in [0.05, 0.1) is 10.2 Å². The molecule has 1 N–H and O–H groups in total. The first kappa shape index (κ1) is 13.0. The van der Waals surface area contributed by atoms with Crippen LogP contribution in [0.3, 0.4) is 0 Å². The molecule has 5 heteroatoms. The number of halogens is 1. The van der Waals surface area contributed by atoms with E-state index in [0.717, 1.165) is 33.8 Å². The summed E-state index contributed by atoms with van der Waals surface area (Å²) >= 11 is 3.50. The molecule has 94 valence electrons. The van der Waals surface area contributed by atoms with Gasteiger partial charge in [0.1, 0.15) is 5.82 Å². The van der Waals surface area contributed by atoms with Gasteiger partial charge >= 0.3 is 0 Å². The van der Waals surface area contributed by atoms with Crippen LogP contribution in [-0.4, -0.2) is 21.5 Å². The van der Waals surface area contributed by atoms with Crippen molar-refractivity contribution < 1.29 is 0 Å². The first-order valence-corrected chi connectivity index (χ1v) is 6.62. The second-order valence-corrected chi connectivity index (χ2v) is 4.81. The summed E-state index contributed by atoms with van der Waals surface area (Å²) in [6.07, 6.45) is 1.80. The van der Waals surface area contributed by atoms with Crippen molar-refractivity contribution in [3.05, 3.63) is 34.2 Å². The van der Waals surface area contributed by atoms with Crippen LogP contribution in [0.25, 0.3) is 11.4 Å². The standard InChI is InChI=1S/C13H15BrN4/c1-4-15-13-11(14)9(3)17-12(18-13)10-6-5-8(2)16-7-10/h5-7H,4H2,1-3H3,(H,15,17,18). The third-order valence-electron chi connectivity index (χ3n) is 2.53. The van der Waals surface area contributed by atoms with E-state index < -0.39 is 0 Å². The molecule has 2 aromatic rings. The van der Waals surface area contributed by atoms with Crippen LogP contribution in [0, 0.1) is 13.8 Å². The van der Waals surface area contributed by atoms with Gasteiger partial charge in [0.2, 0.25) is 0 Å². The fraction of sp³-hybridized carbons (Fsp3) is 0.308. The van der Waals surface area contributed by atoms with Gasteiger partial charge in [-0.3, -0.25) is 4.98 Å². The molecule has 0 atom stereocenters. The molecule has 0 unspecified atom stereocenters. The van der Waals surface area contributed by atoms with E-state index in [1.165, 1.54) is 0 Å². The summed E-state index contributed by atoms with van der Waals surface area (Å²) in [6, 6.07) is 3.95. The van der Waals surface area contributed by atoms with Gasteiger partial charge in [-0.15, -0.1) is 0 Å². The first-order chi connectivity index (χ1) is 8.61. The van der Waals surface area contributed by atoms with Gasteiger partial charge in [-0.25, -0.2) is 9.97 Å². The summed E-state index contributed by atoms with van der Waals surface area (Å²) in [6.45, 7) is 6.77. The third-order valence-corrected chi connectivity index (χ3v) is 3.48. The van der Waals surface area contributed by atoms with Crippen LogP contribution in [0.4, 0.5) is 5.82 Å². The summed E-state index contributed by atoms with van der Waals surface area (Å²) < 4.78 is 0.910. The highest BCUT2D eigenvalue weighted by Gasteiger charge is 2.10. The molecule has 0 aliphatic rings. The zero-order valence-electron chi connectivity index (χ0n) is 10.7. The lowest BCUT2D eigenvalue weighted by molar-refractivity contribution is 1.06. The Morgan fingerprint density at radius 3 is 2.61 bits per heavy atom. The summed E-state index contributed by atoms with van der Waals surface area (Å²) in [4.78, 5) is 13.3. The van der Waals surface area contributed by atoms with Crippen molar-refractivity contribution in [1.29, 1.82) is 0 Å². The number of hydrogen-bond donors (Lipinski definition) is 1. The van der Waals surface area contributed by atoms with Gasteiger partial charge < -0.3 is 5.32 Å². The van der Waals surface area contributed by atoms with E-state index >= 15 is 0 Å². The molecular weight excluding hydrogens is 292 g/mol. The molecule has 0 spiro atoms. The minimum Gasteiger partial charge on any atom is -0.369 e. The topological polar surface area (TPSA) is 50.7 Å². The molecule has 0 amide bonds. The van der Waals surface area contributed by atoms with Crippen molar-refractivity contribution in [2.45, 2.75) is 20.8 Å². The van der Waals surface area contributed by atoms with Gasteiger partial charge in [-0.1, -0.05) is 0 Å². The van der Waals surface area contributed by atoms with E-state index in [1.807, 2.05) is 32.9 Å². The highest BCUT2D eigenvalue weighted by molar-refractivity contribution is 9.10. The molecule has 0 saturated heterocycles. The number of aromatic nitrogens is 3. The van der Waals surface area contributed by atoms with Crippen molar-refractivity contribution in [2.24, 2.45) is 0 Å². The molecule has 0 fully saturated rings. The number of rotatable bonds is 3. The lowest BCUT2D eigenvalue weighted by Gasteiger charge is -2.09. The fourth-order valence-electron chi connectivity index (χ4n) is 1.57. The zero-order chi connectivity index (χ0) is 13.1. The molecule has 0 aromatic carbocycles. The van der Waals surface area contributed by atoms with Crippen LogP contribution in [0.5, 0.6) is 0 Å². The molecule has 2 rings (SSSR count). The van der Waals surface area contributed by atoms with Gasteiger partial charge in [0, 0.05) is 24.0 Å². The Morgan fingerprint density at radius 1 is 1.22 bits per heavy atom. The second-order valence-electron chi connectivity index (χ2n) is 4.01. The Hall–Kier alpha value is -1.49. The van der Waals surface area contributed by atoms with Crippen molar-refractivity contribution in [1.82, 2.24) is 15.0 Å². The van der Waals surface area contributed by atoms with E-state index in [9.17, 15) is 0 Å². The second kappa shape index (κ2) is 5.44. The molecule has 0 aliphatic heterocycles. The molecule has 0 bridgehead atoms. The Kier molecular flexibility index (Phi) is 3.91. The number of anilines is 1. The largest absolute Gasteiger partial charge is 0.369 e. The molecule has 0 aliphatic carbocycles. The maximum absolute atomic E-state index is 4.51. The van der Waals surface area contributed by atoms with Crippen LogP contribution in [-0.2, 0) is 0 Å². The summed E-state index contributed by atoms with van der Waals surface area (Å²) in [5.41, 5.74) is 2.83. The van der Waals surface area contributed by atoms with E-state index in [4.69, 9.17) is 0 Å². The average molecular weight is 307 g/mol. The van der Waals surface area contributed by atoms with E-state index in [-0.39, 0.29) is 0 Å². The third kappa shape index (κ3) is 2.67. The predicted octanol–water partition coefficient (Wildman–Crippen LogP) is 3.35. The lowest BCUT2D eigenvalue weighted by Crippen LogP contribution is -2.04. The first-order valence-electron chi connectivity index (χ1n) is 5.83. The number of aryl methyl sites for hydroxylation is 2. The Morgan fingerprint density at radius 2 is 2.00 bits per heavy atom. The van der Waals surface area contributed by atoms with Gasteiger partial charge in [0.15, 0.2) is 5.82 Å². The maximum Gasteiger partial charge on any atom is 0.163 e. The SMILES string of the molecule is CCNc1nc(-c2ccc(C)nc2)nc(C)c1Br. The molecule has 4 nitrogen and oxygen atoms in total. The highest BCUT2D eigenvalue weighted by atomic mass is 79.9. The number of nitrogens with zero attached hydrogens (tertiary/aromatic N) is 3. The van der Waals surface area contributed by atoms with Crippen LogP contribution >= 0.6 is 15.9 Å². The normalized spacial score (nSPS) is 10.4. The number of hydrogen-bond acceptors (Lipinski definition) is 4. The van der Waals surface area contributed by atoms with Gasteiger partial charge in [-0.2, -0.15) is 0 Å². The van der Waals surface area contributed by atoms with Crippen LogP contribution in [0.2, 0.25) is 0 Å². The molecule has 2 aromatic heterocycles. The van der Waals surface area contributed by atoms with Crippen LogP contribution in [0.15, 0.2) is 22.8 Å². The minimum absolute atomic E-state index is 0.694. The van der Waals surface area contributed by atoms with Crippen molar-refractivity contribution in [2.75, 3.05) is 11.9 Å². The monoisotopic (exact) mass is 306 g/mol. The van der Waals surface area contributed by atoms with Gasteiger partial charge in [-0.05, 0) is 48.8 Å². The minimum atomic E-state index is 0.694. The summed E-state index contributed by atoms with van der Waals surface area (Å²) in [5.74, 6) is 1.51. The molecule has 0 saturated carbocycles. The zero-order valence-corrected chi connectivity index (χ0v) is 12.2. The van der Waals surface area contributed by atoms with Crippen molar-refractivity contribution in [3.8, 4) is 11.4 Å². The quantitative estimate of drug-likeness (QED) is 0.945. The maximum atomic E-state index is 4.51. The molecule has 2 heterocycles. The fourth-order valence-corrected chi connectivity index (χ4v) is 1.89.